The molecule has 10 heteroatoms. The number of H-pyrrole nitrogens is 1. The van der Waals surface area contributed by atoms with Gasteiger partial charge in [-0.05, 0) is 29.3 Å². The molecule has 0 radical (unpaired) electrons. The number of carboxylic acids is 1. The van der Waals surface area contributed by atoms with E-state index in [0.717, 1.165) is 0 Å². The van der Waals surface area contributed by atoms with Crippen molar-refractivity contribution in [3.8, 4) is 17.4 Å². The smallest absolute Gasteiger partial charge is 0.419 e. The van der Waals surface area contributed by atoms with Gasteiger partial charge < -0.3 is 25.1 Å². The zero-order chi connectivity index (χ0) is 21.1. The van der Waals surface area contributed by atoms with Crippen LogP contribution in [0, 0.1) is 11.6 Å². The number of hydrogen-bond donors (Lipinski definition) is 4. The van der Waals surface area contributed by atoms with Crippen molar-refractivity contribution >= 4 is 5.97 Å². The molecule has 1 heterocycles. The van der Waals surface area contributed by atoms with Crippen molar-refractivity contribution in [2.24, 2.45) is 5.73 Å². The van der Waals surface area contributed by atoms with Crippen molar-refractivity contribution < 1.29 is 32.9 Å². The molecule has 29 heavy (non-hydrogen) atoms. The van der Waals surface area contributed by atoms with Crippen molar-refractivity contribution in [1.29, 1.82) is 0 Å². The highest BCUT2D eigenvalue weighted by atomic mass is 19.2. The van der Waals surface area contributed by atoms with Gasteiger partial charge in [0.15, 0.2) is 17.3 Å². The zero-order valence-electron chi connectivity index (χ0n) is 14.8. The molecule has 3 rings (SSSR count). The van der Waals surface area contributed by atoms with Crippen molar-refractivity contribution in [3.05, 3.63) is 75.5 Å². The maximum Gasteiger partial charge on any atom is 0.419 e. The van der Waals surface area contributed by atoms with Gasteiger partial charge in [0.1, 0.15) is 11.8 Å². The van der Waals surface area contributed by atoms with E-state index in [-0.39, 0.29) is 41.5 Å². The SMILES string of the molecule is NC(Cc1ccc(Oc2ccc(Cc3oc(=O)[nH]c3O)cc2)c(F)c1F)C(=O)O. The average Bonchev–Trinajstić information content (AvgIpc) is 2.99. The van der Waals surface area contributed by atoms with Crippen LogP contribution in [0.2, 0.25) is 0 Å². The third kappa shape index (κ3) is 4.61. The van der Waals surface area contributed by atoms with Gasteiger partial charge in [0.05, 0.1) is 0 Å². The molecule has 2 aromatic carbocycles. The topological polar surface area (TPSA) is 139 Å². The lowest BCUT2D eigenvalue weighted by Crippen LogP contribution is -2.32. The predicted molar refractivity (Wildman–Crippen MR) is 96.0 cm³/mol. The Morgan fingerprint density at radius 3 is 2.45 bits per heavy atom. The number of aromatic amines is 1. The fraction of sp³-hybridized carbons (Fsp3) is 0.158. The summed E-state index contributed by atoms with van der Waals surface area (Å²) in [5.41, 5.74) is 5.84. The van der Waals surface area contributed by atoms with Crippen LogP contribution in [0.4, 0.5) is 8.78 Å². The molecule has 0 spiro atoms. The highest BCUT2D eigenvalue weighted by molar-refractivity contribution is 5.73. The van der Waals surface area contributed by atoms with Gasteiger partial charge in [0.25, 0.3) is 0 Å². The first-order valence-corrected chi connectivity index (χ1v) is 8.37. The standard InChI is InChI=1S/C19H16F2N2O6/c20-15-10(8-12(22)18(25)26)3-6-13(16(15)21)28-11-4-1-9(2-5-11)7-14-17(24)23-19(27)29-14/h1-6,12,24H,7-8,22H2,(H,23,27)(H,25,26). The second-order valence-electron chi connectivity index (χ2n) is 6.21. The van der Waals surface area contributed by atoms with Crippen LogP contribution in [0.3, 0.4) is 0 Å². The summed E-state index contributed by atoms with van der Waals surface area (Å²) in [4.78, 5) is 23.9. The molecular formula is C19H16F2N2O6. The Morgan fingerprint density at radius 1 is 1.17 bits per heavy atom. The number of oxazole rings is 1. The normalized spacial score (nSPS) is 12.0. The largest absolute Gasteiger partial charge is 0.492 e. The Morgan fingerprint density at radius 2 is 1.86 bits per heavy atom. The zero-order valence-corrected chi connectivity index (χ0v) is 14.8. The van der Waals surface area contributed by atoms with Gasteiger partial charge in [-0.25, -0.2) is 9.18 Å². The van der Waals surface area contributed by atoms with Crippen molar-refractivity contribution in [2.45, 2.75) is 18.9 Å². The number of aromatic nitrogens is 1. The molecule has 1 aromatic heterocycles. The second kappa shape index (κ2) is 8.15. The molecule has 152 valence electrons. The van der Waals surface area contributed by atoms with E-state index >= 15 is 0 Å². The molecular weight excluding hydrogens is 390 g/mol. The molecule has 0 amide bonds. The molecule has 0 aliphatic rings. The van der Waals surface area contributed by atoms with Gasteiger partial charge >= 0.3 is 11.7 Å². The first-order chi connectivity index (χ1) is 13.7. The predicted octanol–water partition coefficient (Wildman–Crippen LogP) is 2.29. The van der Waals surface area contributed by atoms with E-state index < -0.39 is 29.4 Å². The van der Waals surface area contributed by atoms with E-state index in [9.17, 15) is 23.5 Å². The summed E-state index contributed by atoms with van der Waals surface area (Å²) < 4.78 is 38.6. The van der Waals surface area contributed by atoms with Crippen LogP contribution in [-0.4, -0.2) is 27.2 Å². The minimum Gasteiger partial charge on any atom is -0.492 e. The lowest BCUT2D eigenvalue weighted by molar-refractivity contribution is -0.138. The average molecular weight is 406 g/mol. The van der Waals surface area contributed by atoms with Crippen LogP contribution in [0.15, 0.2) is 45.6 Å². The molecule has 0 fully saturated rings. The Hall–Kier alpha value is -3.66. The molecule has 5 N–H and O–H groups in total. The van der Waals surface area contributed by atoms with Crippen molar-refractivity contribution in [3.63, 3.8) is 0 Å². The summed E-state index contributed by atoms with van der Waals surface area (Å²) in [6.45, 7) is 0. The van der Waals surface area contributed by atoms with Gasteiger partial charge in [0.2, 0.25) is 11.7 Å². The maximum atomic E-state index is 14.3. The summed E-state index contributed by atoms with van der Waals surface area (Å²) in [6.07, 6.45) is -0.235. The summed E-state index contributed by atoms with van der Waals surface area (Å²) in [6, 6.07) is 7.20. The molecule has 0 aliphatic carbocycles. The van der Waals surface area contributed by atoms with E-state index in [1.54, 1.807) is 12.1 Å². The molecule has 1 unspecified atom stereocenters. The highest BCUT2D eigenvalue weighted by Crippen LogP contribution is 2.29. The Balaban J connectivity index is 1.73. The number of carbonyl (C=O) groups is 1. The highest BCUT2D eigenvalue weighted by Gasteiger charge is 2.20. The number of ether oxygens (including phenoxy) is 1. The Kier molecular flexibility index (Phi) is 5.64. The maximum absolute atomic E-state index is 14.3. The molecule has 3 aromatic rings. The van der Waals surface area contributed by atoms with Crippen LogP contribution in [0.25, 0.3) is 0 Å². The fourth-order valence-electron chi connectivity index (χ4n) is 2.59. The molecule has 0 bridgehead atoms. The number of rotatable bonds is 7. The fourth-order valence-corrected chi connectivity index (χ4v) is 2.59. The molecule has 1 atom stereocenters. The third-order valence-electron chi connectivity index (χ3n) is 4.10. The summed E-state index contributed by atoms with van der Waals surface area (Å²) >= 11 is 0. The van der Waals surface area contributed by atoms with Gasteiger partial charge in [-0.15, -0.1) is 0 Å². The number of aliphatic carboxylic acids is 1. The minimum absolute atomic E-state index is 0.0620. The number of nitrogens with two attached hydrogens (primary N) is 1. The lowest BCUT2D eigenvalue weighted by atomic mass is 10.1. The van der Waals surface area contributed by atoms with Gasteiger partial charge in [-0.3, -0.25) is 9.78 Å². The summed E-state index contributed by atoms with van der Waals surface area (Å²) in [7, 11) is 0. The Bertz CT molecular complexity index is 1090. The number of aromatic hydroxyl groups is 1. The number of hydrogen-bond acceptors (Lipinski definition) is 6. The first kappa shape index (κ1) is 20.1. The molecule has 0 saturated heterocycles. The van der Waals surface area contributed by atoms with Crippen molar-refractivity contribution in [1.82, 2.24) is 4.98 Å². The Labute approximate surface area is 162 Å². The van der Waals surface area contributed by atoms with Gasteiger partial charge in [-0.1, -0.05) is 18.2 Å². The quantitative estimate of drug-likeness (QED) is 0.472. The van der Waals surface area contributed by atoms with Crippen LogP contribution in [0.1, 0.15) is 16.9 Å². The second-order valence-corrected chi connectivity index (χ2v) is 6.21. The number of carboxylic acid groups (broad SMARTS) is 1. The summed E-state index contributed by atoms with van der Waals surface area (Å²) in [5.74, 6) is -5.06. The van der Waals surface area contributed by atoms with E-state index in [1.165, 1.54) is 24.3 Å². The number of benzene rings is 2. The van der Waals surface area contributed by atoms with Crippen LogP contribution in [-0.2, 0) is 17.6 Å². The van der Waals surface area contributed by atoms with E-state index in [0.29, 0.717) is 5.56 Å². The van der Waals surface area contributed by atoms with E-state index in [4.69, 9.17) is 20.0 Å². The minimum atomic E-state index is -1.35. The lowest BCUT2D eigenvalue weighted by Gasteiger charge is -2.12. The number of nitrogens with one attached hydrogen (secondary N) is 1. The third-order valence-corrected chi connectivity index (χ3v) is 4.10. The first-order valence-electron chi connectivity index (χ1n) is 8.37. The number of halogens is 2. The van der Waals surface area contributed by atoms with E-state index in [2.05, 4.69) is 4.98 Å². The molecule has 8 nitrogen and oxygen atoms in total. The monoisotopic (exact) mass is 406 g/mol. The molecule has 0 aliphatic heterocycles. The van der Waals surface area contributed by atoms with Gasteiger partial charge in [0, 0.05) is 12.8 Å². The summed E-state index contributed by atoms with van der Waals surface area (Å²) in [5, 5.41) is 18.3. The van der Waals surface area contributed by atoms with Crippen LogP contribution in [0.5, 0.6) is 17.4 Å². The van der Waals surface area contributed by atoms with Gasteiger partial charge in [-0.2, -0.15) is 4.39 Å². The van der Waals surface area contributed by atoms with Crippen molar-refractivity contribution in [2.75, 3.05) is 0 Å². The van der Waals surface area contributed by atoms with Crippen LogP contribution >= 0.6 is 0 Å². The van der Waals surface area contributed by atoms with Crippen LogP contribution < -0.4 is 16.2 Å². The molecule has 0 saturated carbocycles. The van der Waals surface area contributed by atoms with E-state index in [1.807, 2.05) is 0 Å².